The Morgan fingerprint density at radius 2 is 2.32 bits per heavy atom. The fourth-order valence-corrected chi connectivity index (χ4v) is 3.85. The molecule has 0 radical (unpaired) electrons. The standard InChI is InChI=1S/C13H22N2O3S/c1-2-13(11(16)17)5-6-15(9-13)12(18)14-10-4-3-7-19-8-10/h10H,2-9H2,1H3,(H,14,18)(H,16,17). The first kappa shape index (κ1) is 14.5. The van der Waals surface area contributed by atoms with Crippen LogP contribution in [0.5, 0.6) is 0 Å². The highest BCUT2D eigenvalue weighted by Gasteiger charge is 2.44. The molecule has 2 unspecified atom stereocenters. The van der Waals surface area contributed by atoms with Crippen molar-refractivity contribution in [3.05, 3.63) is 0 Å². The van der Waals surface area contributed by atoms with Gasteiger partial charge in [0.25, 0.3) is 0 Å². The van der Waals surface area contributed by atoms with Crippen molar-refractivity contribution in [2.45, 2.75) is 38.6 Å². The van der Waals surface area contributed by atoms with Crippen LogP contribution in [0.2, 0.25) is 0 Å². The molecular weight excluding hydrogens is 264 g/mol. The summed E-state index contributed by atoms with van der Waals surface area (Å²) in [6, 6.07) is 0.150. The second-order valence-electron chi connectivity index (χ2n) is 5.47. The number of aliphatic carboxylic acids is 1. The number of amides is 2. The second kappa shape index (κ2) is 6.03. The van der Waals surface area contributed by atoms with Crippen molar-refractivity contribution in [3.8, 4) is 0 Å². The quantitative estimate of drug-likeness (QED) is 0.829. The van der Waals surface area contributed by atoms with E-state index in [1.54, 1.807) is 4.90 Å². The van der Waals surface area contributed by atoms with Gasteiger partial charge in [-0.1, -0.05) is 6.92 Å². The Morgan fingerprint density at radius 1 is 1.53 bits per heavy atom. The molecule has 2 atom stereocenters. The summed E-state index contributed by atoms with van der Waals surface area (Å²) in [5, 5.41) is 12.4. The minimum atomic E-state index is -0.779. The number of urea groups is 1. The minimum absolute atomic E-state index is 0.0934. The van der Waals surface area contributed by atoms with Crippen LogP contribution < -0.4 is 5.32 Å². The largest absolute Gasteiger partial charge is 0.481 e. The maximum absolute atomic E-state index is 12.2. The molecular formula is C13H22N2O3S. The number of carboxylic acids is 1. The number of hydrogen-bond donors (Lipinski definition) is 2. The highest BCUT2D eigenvalue weighted by atomic mass is 32.2. The van der Waals surface area contributed by atoms with Gasteiger partial charge in [-0.15, -0.1) is 0 Å². The zero-order valence-electron chi connectivity index (χ0n) is 11.4. The van der Waals surface area contributed by atoms with Crippen molar-refractivity contribution in [1.82, 2.24) is 10.2 Å². The third-order valence-corrected chi connectivity index (χ3v) is 5.47. The van der Waals surface area contributed by atoms with Crippen LogP contribution in [0.4, 0.5) is 4.79 Å². The first-order chi connectivity index (χ1) is 9.07. The summed E-state index contributed by atoms with van der Waals surface area (Å²) in [6.07, 6.45) is 3.31. The number of thioether (sulfide) groups is 1. The Morgan fingerprint density at radius 3 is 2.84 bits per heavy atom. The summed E-state index contributed by atoms with van der Waals surface area (Å²) in [6.45, 7) is 2.77. The summed E-state index contributed by atoms with van der Waals surface area (Å²) >= 11 is 1.87. The van der Waals surface area contributed by atoms with E-state index < -0.39 is 11.4 Å². The Kier molecular flexibility index (Phi) is 4.60. The lowest BCUT2D eigenvalue weighted by Crippen LogP contribution is -2.47. The van der Waals surface area contributed by atoms with Crippen LogP contribution in [-0.2, 0) is 4.79 Å². The van der Waals surface area contributed by atoms with E-state index >= 15 is 0 Å². The third-order valence-electron chi connectivity index (χ3n) is 4.26. The number of hydrogen-bond acceptors (Lipinski definition) is 3. The van der Waals surface area contributed by atoms with Crippen molar-refractivity contribution < 1.29 is 14.7 Å². The molecule has 5 nitrogen and oxygen atoms in total. The van der Waals surface area contributed by atoms with E-state index in [0.717, 1.165) is 18.6 Å². The van der Waals surface area contributed by atoms with Crippen LogP contribution in [-0.4, -0.2) is 52.6 Å². The summed E-state index contributed by atoms with van der Waals surface area (Å²) in [4.78, 5) is 25.2. The van der Waals surface area contributed by atoms with Gasteiger partial charge in [0, 0.05) is 24.9 Å². The highest BCUT2D eigenvalue weighted by Crippen LogP contribution is 2.34. The number of nitrogens with one attached hydrogen (secondary N) is 1. The summed E-state index contributed by atoms with van der Waals surface area (Å²) in [5.41, 5.74) is -0.737. The lowest BCUT2D eigenvalue weighted by molar-refractivity contribution is -0.148. The van der Waals surface area contributed by atoms with Crippen molar-refractivity contribution in [1.29, 1.82) is 0 Å². The van der Waals surface area contributed by atoms with Crippen LogP contribution in [0.3, 0.4) is 0 Å². The van der Waals surface area contributed by atoms with Gasteiger partial charge in [0.05, 0.1) is 5.41 Å². The number of carboxylic acid groups (broad SMARTS) is 1. The van der Waals surface area contributed by atoms with Gasteiger partial charge in [-0.25, -0.2) is 4.79 Å². The molecule has 2 saturated heterocycles. The van der Waals surface area contributed by atoms with E-state index in [-0.39, 0.29) is 12.1 Å². The number of rotatable bonds is 3. The van der Waals surface area contributed by atoms with E-state index in [1.165, 1.54) is 5.75 Å². The molecule has 0 aromatic carbocycles. The lowest BCUT2D eigenvalue weighted by Gasteiger charge is -2.27. The lowest BCUT2D eigenvalue weighted by atomic mass is 9.84. The Balaban J connectivity index is 1.89. The normalized spacial score (nSPS) is 31.2. The van der Waals surface area contributed by atoms with Gasteiger partial charge in [-0.2, -0.15) is 11.8 Å². The van der Waals surface area contributed by atoms with Gasteiger partial charge >= 0.3 is 12.0 Å². The Labute approximate surface area is 118 Å². The molecule has 0 spiro atoms. The van der Waals surface area contributed by atoms with Gasteiger partial charge in [-0.05, 0) is 31.4 Å². The fraction of sp³-hybridized carbons (Fsp3) is 0.846. The summed E-state index contributed by atoms with van der Waals surface area (Å²) < 4.78 is 0. The molecule has 0 aromatic heterocycles. The van der Waals surface area contributed by atoms with Crippen LogP contribution in [0, 0.1) is 5.41 Å². The molecule has 19 heavy (non-hydrogen) atoms. The number of likely N-dealkylation sites (tertiary alicyclic amines) is 1. The summed E-state index contributed by atoms with van der Waals surface area (Å²) in [7, 11) is 0. The molecule has 2 heterocycles. The third kappa shape index (κ3) is 3.16. The molecule has 2 aliphatic rings. The van der Waals surface area contributed by atoms with E-state index in [0.29, 0.717) is 25.9 Å². The molecule has 0 saturated carbocycles. The predicted octanol–water partition coefficient (Wildman–Crippen LogP) is 1.78. The molecule has 2 N–H and O–H groups in total. The minimum Gasteiger partial charge on any atom is -0.481 e. The van der Waals surface area contributed by atoms with Crippen LogP contribution >= 0.6 is 11.8 Å². The SMILES string of the molecule is CCC1(C(=O)O)CCN(C(=O)NC2CCCSC2)C1. The van der Waals surface area contributed by atoms with Gasteiger partial charge < -0.3 is 15.3 Å². The molecule has 0 aliphatic carbocycles. The smallest absolute Gasteiger partial charge is 0.317 e. The second-order valence-corrected chi connectivity index (χ2v) is 6.62. The maximum atomic E-state index is 12.2. The highest BCUT2D eigenvalue weighted by molar-refractivity contribution is 7.99. The topological polar surface area (TPSA) is 69.6 Å². The number of carbonyl (C=O) groups is 2. The Bertz CT molecular complexity index is 358. The Hall–Kier alpha value is -0.910. The maximum Gasteiger partial charge on any atom is 0.317 e. The van der Waals surface area contributed by atoms with Gasteiger partial charge in [0.1, 0.15) is 0 Å². The monoisotopic (exact) mass is 286 g/mol. The number of nitrogens with zero attached hydrogens (tertiary/aromatic N) is 1. The molecule has 0 bridgehead atoms. The average molecular weight is 286 g/mol. The van der Waals surface area contributed by atoms with Crippen molar-refractivity contribution in [2.75, 3.05) is 24.6 Å². The molecule has 2 fully saturated rings. The first-order valence-corrected chi connectivity index (χ1v) is 8.09. The first-order valence-electron chi connectivity index (χ1n) is 6.94. The fourth-order valence-electron chi connectivity index (χ4n) is 2.78. The van der Waals surface area contributed by atoms with Crippen molar-refractivity contribution in [2.24, 2.45) is 5.41 Å². The zero-order chi connectivity index (χ0) is 13.9. The van der Waals surface area contributed by atoms with Crippen molar-refractivity contribution in [3.63, 3.8) is 0 Å². The molecule has 2 amide bonds. The number of carbonyl (C=O) groups excluding carboxylic acids is 1. The van der Waals surface area contributed by atoms with E-state index in [9.17, 15) is 14.7 Å². The molecule has 108 valence electrons. The van der Waals surface area contributed by atoms with Crippen molar-refractivity contribution >= 4 is 23.8 Å². The zero-order valence-corrected chi connectivity index (χ0v) is 12.2. The van der Waals surface area contributed by atoms with E-state index in [4.69, 9.17) is 0 Å². The van der Waals surface area contributed by atoms with Crippen LogP contribution in [0.25, 0.3) is 0 Å². The van der Waals surface area contributed by atoms with Crippen LogP contribution in [0.1, 0.15) is 32.6 Å². The molecule has 2 rings (SSSR count). The van der Waals surface area contributed by atoms with Gasteiger partial charge in [-0.3, -0.25) is 4.79 Å². The predicted molar refractivity (Wildman–Crippen MR) is 75.4 cm³/mol. The molecule has 6 heteroatoms. The average Bonchev–Trinajstić information content (AvgIpc) is 2.86. The molecule has 0 aromatic rings. The summed E-state index contributed by atoms with van der Waals surface area (Å²) in [5.74, 6) is 1.37. The molecule has 2 aliphatic heterocycles. The van der Waals surface area contributed by atoms with E-state index in [1.807, 2.05) is 18.7 Å². The van der Waals surface area contributed by atoms with E-state index in [2.05, 4.69) is 5.32 Å². The van der Waals surface area contributed by atoms with Gasteiger partial charge in [0.15, 0.2) is 0 Å². The van der Waals surface area contributed by atoms with Crippen LogP contribution in [0.15, 0.2) is 0 Å². The van der Waals surface area contributed by atoms with Gasteiger partial charge in [0.2, 0.25) is 0 Å².